The molecule has 1 N–H and O–H groups in total. The van der Waals surface area contributed by atoms with Crippen LogP contribution in [-0.2, 0) is 6.18 Å². The molecule has 0 unspecified atom stereocenters. The number of nitrogens with one attached hydrogen (secondary N) is 1. The molecule has 2 rings (SSSR count). The molecule has 110 valence electrons. The molecule has 0 atom stereocenters. The average Bonchev–Trinajstić information content (AvgIpc) is 2.43. The molecular weight excluding hydrogens is 352 g/mol. The van der Waals surface area contributed by atoms with E-state index in [0.29, 0.717) is 5.69 Å². The number of benzene rings is 2. The van der Waals surface area contributed by atoms with E-state index in [4.69, 9.17) is 0 Å². The van der Waals surface area contributed by atoms with Gasteiger partial charge in [-0.1, -0.05) is 18.2 Å². The smallest absolute Gasteiger partial charge is 0.279 e. The van der Waals surface area contributed by atoms with E-state index < -0.39 is 23.1 Å². The van der Waals surface area contributed by atoms with E-state index in [0.717, 1.165) is 18.3 Å². The third-order valence-corrected chi connectivity index (χ3v) is 3.21. The average molecular weight is 361 g/mol. The molecule has 0 aliphatic carbocycles. The maximum absolute atomic E-state index is 13.9. The summed E-state index contributed by atoms with van der Waals surface area (Å²) in [6.45, 7) is 0. The molecule has 0 saturated heterocycles. The Kier molecular flexibility index (Phi) is 4.62. The van der Waals surface area contributed by atoms with Crippen molar-refractivity contribution in [2.75, 3.05) is 5.43 Å². The normalized spacial score (nSPS) is 11.9. The highest BCUT2D eigenvalue weighted by atomic mass is 79.9. The fourth-order valence-electron chi connectivity index (χ4n) is 1.62. The highest BCUT2D eigenvalue weighted by molar-refractivity contribution is 9.10. The second kappa shape index (κ2) is 6.26. The Labute approximate surface area is 126 Å². The number of alkyl halides is 3. The minimum Gasteiger partial charge on any atom is -0.279 e. The van der Waals surface area contributed by atoms with Gasteiger partial charge in [-0.3, -0.25) is 5.43 Å². The number of para-hydroxylation sites is 1. The van der Waals surface area contributed by atoms with E-state index in [1.54, 1.807) is 30.3 Å². The standard InChI is InChI=1S/C14H9BrF4N2/c15-12-7-6-11(14(17,18)19)10(13(12)16)8-20-21-9-4-2-1-3-5-9/h1-8,21H. The van der Waals surface area contributed by atoms with Gasteiger partial charge in [0.2, 0.25) is 0 Å². The van der Waals surface area contributed by atoms with Gasteiger partial charge in [-0.2, -0.15) is 18.3 Å². The van der Waals surface area contributed by atoms with E-state index in [1.165, 1.54) is 0 Å². The summed E-state index contributed by atoms with van der Waals surface area (Å²) in [7, 11) is 0. The molecule has 21 heavy (non-hydrogen) atoms. The molecular formula is C14H9BrF4N2. The molecule has 0 fully saturated rings. The summed E-state index contributed by atoms with van der Waals surface area (Å²) in [5.74, 6) is -1.01. The second-order valence-corrected chi connectivity index (χ2v) is 4.91. The van der Waals surface area contributed by atoms with Crippen LogP contribution in [0.2, 0.25) is 0 Å². The number of rotatable bonds is 3. The predicted octanol–water partition coefficient (Wildman–Crippen LogP) is 5.05. The van der Waals surface area contributed by atoms with Crippen molar-refractivity contribution in [3.05, 3.63) is 63.9 Å². The van der Waals surface area contributed by atoms with Crippen LogP contribution in [0.25, 0.3) is 0 Å². The van der Waals surface area contributed by atoms with Crippen molar-refractivity contribution in [3.8, 4) is 0 Å². The van der Waals surface area contributed by atoms with E-state index >= 15 is 0 Å². The lowest BCUT2D eigenvalue weighted by atomic mass is 10.1. The van der Waals surface area contributed by atoms with Crippen molar-refractivity contribution < 1.29 is 17.6 Å². The van der Waals surface area contributed by atoms with Gasteiger partial charge in [0.15, 0.2) is 0 Å². The van der Waals surface area contributed by atoms with Gasteiger partial charge in [-0.15, -0.1) is 0 Å². The number of hydrogen-bond donors (Lipinski definition) is 1. The molecule has 2 aromatic rings. The largest absolute Gasteiger partial charge is 0.417 e. The SMILES string of the molecule is Fc1c(Br)ccc(C(F)(F)F)c1C=NNc1ccccc1. The highest BCUT2D eigenvalue weighted by Crippen LogP contribution is 2.34. The monoisotopic (exact) mass is 360 g/mol. The molecule has 0 bridgehead atoms. The first kappa shape index (κ1) is 15.5. The molecule has 0 radical (unpaired) electrons. The van der Waals surface area contributed by atoms with E-state index in [1.807, 2.05) is 0 Å². The van der Waals surface area contributed by atoms with Gasteiger partial charge >= 0.3 is 6.18 Å². The predicted molar refractivity (Wildman–Crippen MR) is 76.8 cm³/mol. The molecule has 7 heteroatoms. The van der Waals surface area contributed by atoms with Crippen molar-refractivity contribution in [1.82, 2.24) is 0 Å². The third-order valence-electron chi connectivity index (χ3n) is 2.60. The van der Waals surface area contributed by atoms with Crippen molar-refractivity contribution in [1.29, 1.82) is 0 Å². The summed E-state index contributed by atoms with van der Waals surface area (Å²) < 4.78 is 52.3. The first-order valence-corrected chi connectivity index (χ1v) is 6.58. The summed E-state index contributed by atoms with van der Waals surface area (Å²) in [5, 5.41) is 3.65. The molecule has 0 aromatic heterocycles. The zero-order valence-electron chi connectivity index (χ0n) is 10.5. The summed E-state index contributed by atoms with van der Waals surface area (Å²) in [6.07, 6.45) is -3.84. The van der Waals surface area contributed by atoms with Gasteiger partial charge in [-0.05, 0) is 40.2 Å². The minimum atomic E-state index is -4.66. The van der Waals surface area contributed by atoms with Crippen LogP contribution in [0.5, 0.6) is 0 Å². The molecule has 0 saturated carbocycles. The third kappa shape index (κ3) is 3.81. The minimum absolute atomic E-state index is 0.0586. The van der Waals surface area contributed by atoms with Gasteiger partial charge in [0.1, 0.15) is 5.82 Å². The van der Waals surface area contributed by atoms with Gasteiger partial charge in [0.05, 0.1) is 21.9 Å². The second-order valence-electron chi connectivity index (χ2n) is 4.06. The Balaban J connectivity index is 2.32. The van der Waals surface area contributed by atoms with Crippen molar-refractivity contribution in [2.24, 2.45) is 5.10 Å². The maximum atomic E-state index is 13.9. The fraction of sp³-hybridized carbons (Fsp3) is 0.0714. The lowest BCUT2D eigenvalue weighted by Gasteiger charge is -2.11. The Bertz CT molecular complexity index is 654. The topological polar surface area (TPSA) is 24.4 Å². The number of anilines is 1. The molecule has 2 nitrogen and oxygen atoms in total. The van der Waals surface area contributed by atoms with Crippen molar-refractivity contribution >= 4 is 27.8 Å². The van der Waals surface area contributed by atoms with Crippen molar-refractivity contribution in [2.45, 2.75) is 6.18 Å². The molecule has 0 heterocycles. The van der Waals surface area contributed by atoms with E-state index in [2.05, 4.69) is 26.5 Å². The van der Waals surface area contributed by atoms with Gasteiger partial charge in [-0.25, -0.2) is 4.39 Å². The summed E-state index contributed by atoms with van der Waals surface area (Å²) >= 11 is 2.86. The van der Waals surface area contributed by atoms with Crippen LogP contribution >= 0.6 is 15.9 Å². The zero-order chi connectivity index (χ0) is 15.5. The lowest BCUT2D eigenvalue weighted by Crippen LogP contribution is -2.11. The van der Waals surface area contributed by atoms with Crippen LogP contribution in [0, 0.1) is 5.82 Å². The van der Waals surface area contributed by atoms with Crippen LogP contribution in [0.1, 0.15) is 11.1 Å². The molecule has 0 aliphatic rings. The molecule has 0 spiro atoms. The van der Waals surface area contributed by atoms with Crippen LogP contribution in [-0.4, -0.2) is 6.21 Å². The van der Waals surface area contributed by atoms with Gasteiger partial charge in [0, 0.05) is 5.56 Å². The number of nitrogens with zero attached hydrogens (tertiary/aromatic N) is 1. The maximum Gasteiger partial charge on any atom is 0.417 e. The lowest BCUT2D eigenvalue weighted by molar-refractivity contribution is -0.137. The molecule has 0 aliphatic heterocycles. The van der Waals surface area contributed by atoms with Crippen LogP contribution in [0.4, 0.5) is 23.2 Å². The molecule has 0 amide bonds. The quantitative estimate of drug-likeness (QED) is 0.462. The van der Waals surface area contributed by atoms with Crippen LogP contribution in [0.15, 0.2) is 52.0 Å². The first-order chi connectivity index (χ1) is 9.89. The summed E-state index contributed by atoms with van der Waals surface area (Å²) in [5.41, 5.74) is 1.41. The van der Waals surface area contributed by atoms with E-state index in [-0.39, 0.29) is 4.47 Å². The van der Waals surface area contributed by atoms with Crippen LogP contribution < -0.4 is 5.43 Å². The Hall–Kier alpha value is -1.89. The number of hydrogen-bond acceptors (Lipinski definition) is 2. The van der Waals surface area contributed by atoms with E-state index in [9.17, 15) is 17.6 Å². The van der Waals surface area contributed by atoms with Crippen LogP contribution in [0.3, 0.4) is 0 Å². The number of halogens is 5. The van der Waals surface area contributed by atoms with Gasteiger partial charge in [0.25, 0.3) is 0 Å². The fourth-order valence-corrected chi connectivity index (χ4v) is 1.97. The highest BCUT2D eigenvalue weighted by Gasteiger charge is 2.34. The summed E-state index contributed by atoms with van der Waals surface area (Å²) in [6, 6.07) is 10.4. The first-order valence-electron chi connectivity index (χ1n) is 5.79. The van der Waals surface area contributed by atoms with Crippen molar-refractivity contribution in [3.63, 3.8) is 0 Å². The number of hydrazone groups is 1. The Morgan fingerprint density at radius 1 is 1.05 bits per heavy atom. The Morgan fingerprint density at radius 2 is 1.71 bits per heavy atom. The molecule has 2 aromatic carbocycles. The zero-order valence-corrected chi connectivity index (χ0v) is 12.0. The summed E-state index contributed by atoms with van der Waals surface area (Å²) in [4.78, 5) is 0. The van der Waals surface area contributed by atoms with Gasteiger partial charge < -0.3 is 0 Å². The Morgan fingerprint density at radius 3 is 2.33 bits per heavy atom.